The number of carbonyl (C=O) groups is 1. The predicted octanol–water partition coefficient (Wildman–Crippen LogP) is 4.24. The van der Waals surface area contributed by atoms with Gasteiger partial charge in [0, 0.05) is 23.5 Å². The van der Waals surface area contributed by atoms with Gasteiger partial charge in [-0.25, -0.2) is 4.79 Å². The molecule has 0 spiro atoms. The van der Waals surface area contributed by atoms with Crippen LogP contribution in [0.3, 0.4) is 0 Å². The van der Waals surface area contributed by atoms with Gasteiger partial charge in [0.05, 0.1) is 0 Å². The van der Waals surface area contributed by atoms with Gasteiger partial charge in [-0.05, 0) is 69.9 Å². The molecule has 2 N–H and O–H groups in total. The largest absolute Gasteiger partial charge is 0.444 e. The van der Waals surface area contributed by atoms with E-state index in [1.165, 1.54) is 10.4 Å². The van der Waals surface area contributed by atoms with E-state index in [2.05, 4.69) is 29.0 Å². The van der Waals surface area contributed by atoms with Crippen LogP contribution >= 0.6 is 11.3 Å². The van der Waals surface area contributed by atoms with E-state index in [-0.39, 0.29) is 12.1 Å². The van der Waals surface area contributed by atoms with Crippen molar-refractivity contribution in [1.82, 2.24) is 10.6 Å². The number of aryl methyl sites for hydroxylation is 1. The summed E-state index contributed by atoms with van der Waals surface area (Å²) < 4.78 is 5.32. The molecule has 130 valence electrons. The van der Waals surface area contributed by atoms with E-state index in [1.807, 2.05) is 32.1 Å². The number of hydrogen-bond donors (Lipinski definition) is 2. The van der Waals surface area contributed by atoms with Crippen molar-refractivity contribution >= 4 is 17.4 Å². The van der Waals surface area contributed by atoms with E-state index in [4.69, 9.17) is 4.74 Å². The Kier molecular flexibility index (Phi) is 6.48. The number of nitrogens with one attached hydrogen (secondary N) is 2. The van der Waals surface area contributed by atoms with Crippen molar-refractivity contribution in [3.05, 3.63) is 21.9 Å². The summed E-state index contributed by atoms with van der Waals surface area (Å²) in [4.78, 5) is 13.3. The maximum absolute atomic E-state index is 11.8. The molecule has 1 aliphatic carbocycles. The van der Waals surface area contributed by atoms with Gasteiger partial charge in [-0.2, -0.15) is 0 Å². The van der Waals surface area contributed by atoms with Crippen LogP contribution in [0, 0.1) is 0 Å². The first-order valence-electron chi connectivity index (χ1n) is 8.65. The van der Waals surface area contributed by atoms with Gasteiger partial charge in [0.15, 0.2) is 0 Å². The van der Waals surface area contributed by atoms with Crippen LogP contribution in [0.4, 0.5) is 4.79 Å². The fraction of sp³-hybridized carbons (Fsp3) is 0.722. The molecule has 0 saturated heterocycles. The maximum atomic E-state index is 11.8. The molecule has 4 nitrogen and oxygen atoms in total. The first kappa shape index (κ1) is 18.3. The van der Waals surface area contributed by atoms with Gasteiger partial charge in [-0.3, -0.25) is 0 Å². The minimum atomic E-state index is -0.430. The van der Waals surface area contributed by atoms with E-state index in [0.29, 0.717) is 6.04 Å². The smallest absolute Gasteiger partial charge is 0.407 e. The first-order valence-corrected chi connectivity index (χ1v) is 9.53. The SMILES string of the molecule is CCc1ccsc1CNC1CCC(NC(=O)OC(C)(C)C)CC1. The Balaban J connectivity index is 1.69. The number of rotatable bonds is 5. The van der Waals surface area contributed by atoms with Crippen LogP contribution in [-0.2, 0) is 17.7 Å². The Labute approximate surface area is 144 Å². The molecular weight excluding hydrogens is 308 g/mol. The molecule has 1 amide bonds. The van der Waals surface area contributed by atoms with Gasteiger partial charge in [-0.1, -0.05) is 6.92 Å². The molecule has 1 heterocycles. The van der Waals surface area contributed by atoms with Gasteiger partial charge >= 0.3 is 6.09 Å². The summed E-state index contributed by atoms with van der Waals surface area (Å²) >= 11 is 1.84. The molecule has 1 saturated carbocycles. The summed E-state index contributed by atoms with van der Waals surface area (Å²) in [7, 11) is 0. The molecule has 0 bridgehead atoms. The average molecular weight is 339 g/mol. The molecule has 23 heavy (non-hydrogen) atoms. The molecule has 0 unspecified atom stereocenters. The van der Waals surface area contributed by atoms with Crippen molar-refractivity contribution in [2.45, 2.75) is 84.0 Å². The Hall–Kier alpha value is -1.07. The lowest BCUT2D eigenvalue weighted by Crippen LogP contribution is -2.43. The zero-order chi connectivity index (χ0) is 16.9. The fourth-order valence-electron chi connectivity index (χ4n) is 2.99. The Morgan fingerprint density at radius 1 is 1.26 bits per heavy atom. The highest BCUT2D eigenvalue weighted by Gasteiger charge is 2.24. The summed E-state index contributed by atoms with van der Waals surface area (Å²) in [5.41, 5.74) is 1.03. The van der Waals surface area contributed by atoms with Crippen molar-refractivity contribution in [2.75, 3.05) is 0 Å². The lowest BCUT2D eigenvalue weighted by molar-refractivity contribution is 0.0490. The molecule has 1 aromatic rings. The third-order valence-electron chi connectivity index (χ3n) is 4.22. The first-order chi connectivity index (χ1) is 10.9. The van der Waals surface area contributed by atoms with E-state index >= 15 is 0 Å². The summed E-state index contributed by atoms with van der Waals surface area (Å²) in [5.74, 6) is 0. The molecule has 2 rings (SSSR count). The Bertz CT molecular complexity index is 499. The van der Waals surface area contributed by atoms with Crippen LogP contribution in [0.2, 0.25) is 0 Å². The number of amides is 1. The topological polar surface area (TPSA) is 50.4 Å². The molecule has 0 aromatic carbocycles. The van der Waals surface area contributed by atoms with Crippen LogP contribution in [0.25, 0.3) is 0 Å². The predicted molar refractivity (Wildman–Crippen MR) is 96.0 cm³/mol. The number of thiophene rings is 1. The van der Waals surface area contributed by atoms with E-state index in [9.17, 15) is 4.79 Å². The molecule has 0 radical (unpaired) electrons. The maximum Gasteiger partial charge on any atom is 0.407 e. The van der Waals surface area contributed by atoms with Crippen LogP contribution in [0.15, 0.2) is 11.4 Å². The van der Waals surface area contributed by atoms with E-state index in [1.54, 1.807) is 0 Å². The van der Waals surface area contributed by atoms with Crippen LogP contribution in [-0.4, -0.2) is 23.8 Å². The van der Waals surface area contributed by atoms with Gasteiger partial charge in [0.25, 0.3) is 0 Å². The van der Waals surface area contributed by atoms with Crippen molar-refractivity contribution in [2.24, 2.45) is 0 Å². The summed E-state index contributed by atoms with van der Waals surface area (Å²) in [6.07, 6.45) is 5.05. The van der Waals surface area contributed by atoms with Crippen LogP contribution < -0.4 is 10.6 Å². The second-order valence-corrected chi connectivity index (χ2v) is 8.30. The minimum absolute atomic E-state index is 0.246. The lowest BCUT2D eigenvalue weighted by atomic mass is 9.91. The van der Waals surface area contributed by atoms with E-state index < -0.39 is 5.60 Å². The third-order valence-corrected chi connectivity index (χ3v) is 5.18. The Morgan fingerprint density at radius 3 is 2.52 bits per heavy atom. The minimum Gasteiger partial charge on any atom is -0.444 e. The molecule has 0 atom stereocenters. The summed E-state index contributed by atoms with van der Waals surface area (Å²) in [6.45, 7) is 8.85. The lowest BCUT2D eigenvalue weighted by Gasteiger charge is -2.30. The molecule has 1 aromatic heterocycles. The molecule has 0 aliphatic heterocycles. The summed E-state index contributed by atoms with van der Waals surface area (Å²) in [6, 6.07) is 3.03. The van der Waals surface area contributed by atoms with Gasteiger partial charge in [0.1, 0.15) is 5.60 Å². The molecule has 1 aliphatic rings. The quantitative estimate of drug-likeness (QED) is 0.844. The third kappa shape index (κ3) is 6.15. The summed E-state index contributed by atoms with van der Waals surface area (Å²) in [5, 5.41) is 8.85. The zero-order valence-corrected chi connectivity index (χ0v) is 15.6. The number of alkyl carbamates (subject to hydrolysis) is 1. The van der Waals surface area contributed by atoms with Crippen LogP contribution in [0.5, 0.6) is 0 Å². The highest BCUT2D eigenvalue weighted by Crippen LogP contribution is 2.22. The number of carbonyl (C=O) groups excluding carboxylic acids is 1. The fourth-order valence-corrected chi connectivity index (χ4v) is 3.92. The molecular formula is C18H30N2O2S. The number of ether oxygens (including phenoxy) is 1. The standard InChI is InChI=1S/C18H30N2O2S/c1-5-13-10-11-23-16(13)12-19-14-6-8-15(9-7-14)20-17(21)22-18(2,3)4/h10-11,14-15,19H,5-9,12H2,1-4H3,(H,20,21). The monoisotopic (exact) mass is 338 g/mol. The van der Waals surface area contributed by atoms with Gasteiger partial charge < -0.3 is 15.4 Å². The normalized spacial score (nSPS) is 21.9. The highest BCUT2D eigenvalue weighted by atomic mass is 32.1. The van der Waals surface area contributed by atoms with Gasteiger partial charge in [0.2, 0.25) is 0 Å². The zero-order valence-electron chi connectivity index (χ0n) is 14.8. The number of hydrogen-bond acceptors (Lipinski definition) is 4. The van der Waals surface area contributed by atoms with Crippen molar-refractivity contribution in [1.29, 1.82) is 0 Å². The van der Waals surface area contributed by atoms with Crippen LogP contribution in [0.1, 0.15) is 63.8 Å². The highest BCUT2D eigenvalue weighted by molar-refractivity contribution is 7.10. The van der Waals surface area contributed by atoms with Crippen molar-refractivity contribution in [3.63, 3.8) is 0 Å². The average Bonchev–Trinajstić information content (AvgIpc) is 2.92. The van der Waals surface area contributed by atoms with Gasteiger partial charge in [-0.15, -0.1) is 11.3 Å². The Morgan fingerprint density at radius 2 is 1.91 bits per heavy atom. The second kappa shape index (κ2) is 8.15. The molecule has 1 fully saturated rings. The molecule has 5 heteroatoms. The van der Waals surface area contributed by atoms with Crippen molar-refractivity contribution < 1.29 is 9.53 Å². The van der Waals surface area contributed by atoms with Crippen molar-refractivity contribution in [3.8, 4) is 0 Å². The second-order valence-electron chi connectivity index (χ2n) is 7.30. The van der Waals surface area contributed by atoms with E-state index in [0.717, 1.165) is 38.6 Å².